The van der Waals surface area contributed by atoms with Crippen molar-refractivity contribution in [2.24, 2.45) is 5.92 Å². The number of ketones is 1. The van der Waals surface area contributed by atoms with Crippen LogP contribution in [0.25, 0.3) is 0 Å². The topological polar surface area (TPSA) is 46.2 Å². The third-order valence-corrected chi connectivity index (χ3v) is 3.10. The standard InChI is InChI=1S/C16H23NO2/c1-3-5-12-15(18)14(9-4-2)16(19)17-13-10-7-6-8-11-13/h6-8,10-11,14H,3-5,9,12H2,1-2H3,(H,17,19)/t14-/m0/s1. The van der Waals surface area contributed by atoms with E-state index in [1.54, 1.807) is 0 Å². The summed E-state index contributed by atoms with van der Waals surface area (Å²) >= 11 is 0. The quantitative estimate of drug-likeness (QED) is 0.723. The first-order valence-electron chi connectivity index (χ1n) is 7.07. The highest BCUT2D eigenvalue weighted by atomic mass is 16.2. The summed E-state index contributed by atoms with van der Waals surface area (Å²) in [6.07, 6.45) is 3.80. The van der Waals surface area contributed by atoms with Gasteiger partial charge in [-0.1, -0.05) is 44.9 Å². The van der Waals surface area contributed by atoms with Crippen LogP contribution < -0.4 is 5.32 Å². The van der Waals surface area contributed by atoms with E-state index in [1.165, 1.54) is 0 Å². The Kier molecular flexibility index (Phi) is 6.86. The number of para-hydroxylation sites is 1. The van der Waals surface area contributed by atoms with Gasteiger partial charge in [0.05, 0.1) is 5.92 Å². The summed E-state index contributed by atoms with van der Waals surface area (Å²) in [5.74, 6) is -0.608. The second-order valence-electron chi connectivity index (χ2n) is 4.77. The Morgan fingerprint density at radius 1 is 1.11 bits per heavy atom. The number of hydrogen-bond acceptors (Lipinski definition) is 2. The molecule has 0 saturated heterocycles. The van der Waals surface area contributed by atoms with Crippen LogP contribution in [0.5, 0.6) is 0 Å². The first-order valence-corrected chi connectivity index (χ1v) is 7.07. The summed E-state index contributed by atoms with van der Waals surface area (Å²) in [5, 5.41) is 2.82. The summed E-state index contributed by atoms with van der Waals surface area (Å²) in [6.45, 7) is 4.04. The molecule has 3 nitrogen and oxygen atoms in total. The first kappa shape index (κ1) is 15.4. The normalized spacial score (nSPS) is 11.9. The number of amides is 1. The van der Waals surface area contributed by atoms with Gasteiger partial charge in [0.25, 0.3) is 0 Å². The van der Waals surface area contributed by atoms with Gasteiger partial charge in [-0.15, -0.1) is 0 Å². The van der Waals surface area contributed by atoms with Crippen molar-refractivity contribution in [3.63, 3.8) is 0 Å². The van der Waals surface area contributed by atoms with Crippen LogP contribution in [-0.4, -0.2) is 11.7 Å². The highest BCUT2D eigenvalue weighted by Gasteiger charge is 2.24. The van der Waals surface area contributed by atoms with E-state index in [4.69, 9.17) is 0 Å². The molecule has 0 fully saturated rings. The molecule has 1 aromatic carbocycles. The van der Waals surface area contributed by atoms with Crippen LogP contribution in [0.4, 0.5) is 5.69 Å². The van der Waals surface area contributed by atoms with Gasteiger partial charge < -0.3 is 5.32 Å². The Bertz CT molecular complexity index is 400. The number of benzene rings is 1. The van der Waals surface area contributed by atoms with Crippen LogP contribution in [0, 0.1) is 5.92 Å². The predicted molar refractivity (Wildman–Crippen MR) is 78.0 cm³/mol. The number of nitrogens with one attached hydrogen (secondary N) is 1. The molecule has 0 aliphatic heterocycles. The van der Waals surface area contributed by atoms with Gasteiger partial charge in [0, 0.05) is 12.1 Å². The fourth-order valence-electron chi connectivity index (χ4n) is 2.00. The Morgan fingerprint density at radius 3 is 2.37 bits per heavy atom. The molecule has 3 heteroatoms. The lowest BCUT2D eigenvalue weighted by Crippen LogP contribution is -2.29. The lowest BCUT2D eigenvalue weighted by atomic mass is 9.94. The maximum absolute atomic E-state index is 12.2. The van der Waals surface area contributed by atoms with Crippen molar-refractivity contribution < 1.29 is 9.59 Å². The van der Waals surface area contributed by atoms with Crippen LogP contribution >= 0.6 is 0 Å². The van der Waals surface area contributed by atoms with Crippen LogP contribution in [0.2, 0.25) is 0 Å². The fraction of sp³-hybridized carbons (Fsp3) is 0.500. The van der Waals surface area contributed by atoms with E-state index in [-0.39, 0.29) is 11.7 Å². The molecular formula is C16H23NO2. The average molecular weight is 261 g/mol. The lowest BCUT2D eigenvalue weighted by Gasteiger charge is -2.15. The molecule has 0 radical (unpaired) electrons. The zero-order valence-corrected chi connectivity index (χ0v) is 11.8. The molecule has 1 atom stereocenters. The van der Waals surface area contributed by atoms with Crippen molar-refractivity contribution in [1.82, 2.24) is 0 Å². The van der Waals surface area contributed by atoms with Crippen molar-refractivity contribution in [3.05, 3.63) is 30.3 Å². The van der Waals surface area contributed by atoms with Crippen LogP contribution in [-0.2, 0) is 9.59 Å². The van der Waals surface area contributed by atoms with E-state index in [2.05, 4.69) is 5.32 Å². The van der Waals surface area contributed by atoms with Crippen LogP contribution in [0.1, 0.15) is 46.0 Å². The molecule has 0 unspecified atom stereocenters. The van der Waals surface area contributed by atoms with Gasteiger partial charge in [-0.25, -0.2) is 0 Å². The Labute approximate surface area is 115 Å². The van der Waals surface area contributed by atoms with Gasteiger partial charge in [0.1, 0.15) is 5.78 Å². The molecule has 0 aromatic heterocycles. The van der Waals surface area contributed by atoms with Gasteiger partial charge in [-0.3, -0.25) is 9.59 Å². The molecule has 19 heavy (non-hydrogen) atoms. The van der Waals surface area contributed by atoms with Crippen molar-refractivity contribution in [2.75, 3.05) is 5.32 Å². The van der Waals surface area contributed by atoms with Crippen molar-refractivity contribution in [1.29, 1.82) is 0 Å². The Balaban J connectivity index is 2.64. The number of hydrogen-bond donors (Lipinski definition) is 1. The molecule has 104 valence electrons. The molecule has 0 aliphatic carbocycles. The van der Waals surface area contributed by atoms with E-state index < -0.39 is 5.92 Å². The third kappa shape index (κ3) is 5.25. The molecule has 0 bridgehead atoms. The molecule has 1 amide bonds. The molecular weight excluding hydrogens is 238 g/mol. The summed E-state index contributed by atoms with van der Waals surface area (Å²) < 4.78 is 0. The summed E-state index contributed by atoms with van der Waals surface area (Å²) in [4.78, 5) is 24.2. The van der Waals surface area contributed by atoms with Gasteiger partial charge in [-0.2, -0.15) is 0 Å². The molecule has 1 rings (SSSR count). The molecule has 0 spiro atoms. The monoisotopic (exact) mass is 261 g/mol. The summed E-state index contributed by atoms with van der Waals surface area (Å²) in [6, 6.07) is 9.28. The van der Waals surface area contributed by atoms with E-state index in [0.29, 0.717) is 12.8 Å². The number of anilines is 1. The van der Waals surface area contributed by atoms with Crippen molar-refractivity contribution >= 4 is 17.4 Å². The van der Waals surface area contributed by atoms with Gasteiger partial charge in [0.2, 0.25) is 5.91 Å². The molecule has 0 heterocycles. The third-order valence-electron chi connectivity index (χ3n) is 3.10. The number of carbonyl (C=O) groups excluding carboxylic acids is 2. The van der Waals surface area contributed by atoms with Crippen molar-refractivity contribution in [3.8, 4) is 0 Å². The summed E-state index contributed by atoms with van der Waals surface area (Å²) in [5.41, 5.74) is 0.747. The zero-order valence-electron chi connectivity index (χ0n) is 11.8. The number of unbranched alkanes of at least 4 members (excludes halogenated alkanes) is 1. The summed E-state index contributed by atoms with van der Waals surface area (Å²) in [7, 11) is 0. The van der Waals surface area contributed by atoms with Gasteiger partial charge >= 0.3 is 0 Å². The number of rotatable bonds is 8. The minimum atomic E-state index is -0.503. The second-order valence-corrected chi connectivity index (χ2v) is 4.77. The Morgan fingerprint density at radius 2 is 1.79 bits per heavy atom. The second kappa shape index (κ2) is 8.46. The maximum atomic E-state index is 12.2. The highest BCUT2D eigenvalue weighted by molar-refractivity contribution is 6.07. The molecule has 1 N–H and O–H groups in total. The number of Topliss-reactive ketones (excluding diaryl/α,β-unsaturated/α-hetero) is 1. The molecule has 0 aliphatic rings. The molecule has 0 saturated carbocycles. The highest BCUT2D eigenvalue weighted by Crippen LogP contribution is 2.15. The van der Waals surface area contributed by atoms with E-state index in [9.17, 15) is 9.59 Å². The SMILES string of the molecule is CCCCC(=O)[C@H](CCC)C(=O)Nc1ccccc1. The average Bonchev–Trinajstić information content (AvgIpc) is 2.43. The zero-order chi connectivity index (χ0) is 14.1. The van der Waals surface area contributed by atoms with E-state index in [1.807, 2.05) is 44.2 Å². The van der Waals surface area contributed by atoms with E-state index in [0.717, 1.165) is 24.9 Å². The largest absolute Gasteiger partial charge is 0.325 e. The van der Waals surface area contributed by atoms with Crippen LogP contribution in [0.3, 0.4) is 0 Å². The lowest BCUT2D eigenvalue weighted by molar-refractivity contribution is -0.131. The van der Waals surface area contributed by atoms with Gasteiger partial charge in [0.15, 0.2) is 0 Å². The van der Waals surface area contributed by atoms with Crippen molar-refractivity contribution in [2.45, 2.75) is 46.0 Å². The smallest absolute Gasteiger partial charge is 0.234 e. The maximum Gasteiger partial charge on any atom is 0.234 e. The first-order chi connectivity index (χ1) is 9.19. The Hall–Kier alpha value is -1.64. The van der Waals surface area contributed by atoms with Crippen LogP contribution in [0.15, 0.2) is 30.3 Å². The minimum Gasteiger partial charge on any atom is -0.325 e. The predicted octanol–water partition coefficient (Wildman–Crippen LogP) is 3.80. The van der Waals surface area contributed by atoms with E-state index >= 15 is 0 Å². The number of carbonyl (C=O) groups is 2. The molecule has 1 aromatic rings. The minimum absolute atomic E-state index is 0.0668. The van der Waals surface area contributed by atoms with Gasteiger partial charge in [-0.05, 0) is 25.0 Å². The fourth-order valence-corrected chi connectivity index (χ4v) is 2.00.